The predicted octanol–water partition coefficient (Wildman–Crippen LogP) is -4.37. The van der Waals surface area contributed by atoms with Crippen LogP contribution in [0.4, 0.5) is 0 Å². The van der Waals surface area contributed by atoms with E-state index in [1.54, 1.807) is 19.2 Å². The number of nitrogens with zero attached hydrogens (tertiary/aromatic N) is 6. The monoisotopic (exact) mass is 623 g/mol. The fourth-order valence-corrected chi connectivity index (χ4v) is 7.17. The van der Waals surface area contributed by atoms with Crippen LogP contribution >= 0.6 is 23.5 Å². The van der Waals surface area contributed by atoms with Crippen molar-refractivity contribution in [3.63, 3.8) is 0 Å². The predicted molar refractivity (Wildman–Crippen MR) is 139 cm³/mol. The second-order valence-electron chi connectivity index (χ2n) is 9.34. The fraction of sp³-hybridized carbons (Fsp3) is 0.375. The Morgan fingerprint density at radius 1 is 1.19 bits per heavy atom. The number of thioether (sulfide) groups is 2. The Hall–Kier alpha value is -3.25. The topological polar surface area (TPSA) is 208 Å². The summed E-state index contributed by atoms with van der Waals surface area (Å²) in [5.74, 6) is -4.96. The molecule has 0 bridgehead atoms. The van der Waals surface area contributed by atoms with Gasteiger partial charge < -0.3 is 20.3 Å². The van der Waals surface area contributed by atoms with Crippen molar-refractivity contribution in [3.8, 4) is 0 Å². The van der Waals surface area contributed by atoms with Crippen LogP contribution in [0.5, 0.6) is 0 Å². The molecule has 1 fully saturated rings. The first-order valence-electron chi connectivity index (χ1n) is 12.3. The molecule has 3 aliphatic heterocycles. The molecule has 5 rings (SSSR count). The number of imide groups is 1. The number of carboxylic acids is 2. The summed E-state index contributed by atoms with van der Waals surface area (Å²) < 4.78 is 1.43. The summed E-state index contributed by atoms with van der Waals surface area (Å²) in [6, 6.07) is 3.61. The minimum absolute atomic E-state index is 0. The molecule has 4 amide bonds. The summed E-state index contributed by atoms with van der Waals surface area (Å²) in [4.78, 5) is 76.5. The van der Waals surface area contributed by atoms with E-state index in [0.717, 1.165) is 4.90 Å². The van der Waals surface area contributed by atoms with Gasteiger partial charge in [-0.15, -0.1) is 16.9 Å². The zero-order valence-electron chi connectivity index (χ0n) is 22.4. The van der Waals surface area contributed by atoms with Gasteiger partial charge in [0.1, 0.15) is 17.5 Å². The molecule has 4 heterocycles. The summed E-state index contributed by atoms with van der Waals surface area (Å²) in [6.45, 7) is 0. The van der Waals surface area contributed by atoms with Crippen molar-refractivity contribution in [1.82, 2.24) is 35.3 Å². The Kier molecular flexibility index (Phi) is 9.77. The molecule has 3 aliphatic rings. The minimum Gasteiger partial charge on any atom is -0.543 e. The number of amides is 4. The van der Waals surface area contributed by atoms with Gasteiger partial charge in [0.25, 0.3) is 17.7 Å². The van der Waals surface area contributed by atoms with Crippen LogP contribution in [0.15, 0.2) is 40.7 Å². The fourth-order valence-electron chi connectivity index (χ4n) is 4.83. The molecule has 214 valence electrons. The van der Waals surface area contributed by atoms with Gasteiger partial charge >= 0.3 is 35.5 Å². The first kappa shape index (κ1) is 31.7. The number of β-lactam (4-membered cyclic amide) rings is 1. The van der Waals surface area contributed by atoms with E-state index in [1.165, 1.54) is 40.3 Å². The molecule has 2 N–H and O–H groups in total. The van der Waals surface area contributed by atoms with Gasteiger partial charge in [-0.1, -0.05) is 23.9 Å². The summed E-state index contributed by atoms with van der Waals surface area (Å²) in [5.41, 5.74) is 0.469. The van der Waals surface area contributed by atoms with Crippen molar-refractivity contribution in [1.29, 1.82) is 0 Å². The average molecular weight is 624 g/mol. The van der Waals surface area contributed by atoms with Gasteiger partial charge in [0.2, 0.25) is 11.1 Å². The first-order chi connectivity index (χ1) is 19.6. The molecule has 3 atom stereocenters. The summed E-state index contributed by atoms with van der Waals surface area (Å²) in [5, 5.41) is 35.1. The number of rotatable bonds is 11. The molecule has 0 spiro atoms. The van der Waals surface area contributed by atoms with Gasteiger partial charge in [0, 0.05) is 25.0 Å². The molecule has 1 aromatic heterocycles. The number of hydrogen-bond acceptors (Lipinski definition) is 12. The standard InChI is InChI=1S/C24H23N7O8S2.Na/c1-29-24(26-27-28-29)41-10-11-9-40-21-16(20(35)31(21)17(11)23(38)39)25-15(32)8-4-7-14(22(36)37)30-18(33)12-5-2-3-6-13(12)19(30)34;/h2-3,5-6,14,16,21H,4,7-10H2,1H3,(H,25,32)(H,36,37)(H,38,39);/q;+1/p-1/t14?,16-,21+;/m1./s1. The van der Waals surface area contributed by atoms with E-state index in [4.69, 9.17) is 0 Å². The van der Waals surface area contributed by atoms with Crippen molar-refractivity contribution in [2.75, 3.05) is 11.5 Å². The van der Waals surface area contributed by atoms with E-state index in [2.05, 4.69) is 20.8 Å². The van der Waals surface area contributed by atoms with Gasteiger partial charge in [0.05, 0.1) is 22.8 Å². The number of carbonyl (C=O) groups is 6. The van der Waals surface area contributed by atoms with Crippen LogP contribution in [0.25, 0.3) is 0 Å². The SMILES string of the molecule is Cn1nnnc1SCC1=C(C(=O)[O-])N2C(=O)[C@@H](NC(=O)CCCC(C(=O)O)N3C(=O)c4ccccc4C3=O)[C@@H]2SC1.[Na+]. The van der Waals surface area contributed by atoms with E-state index in [0.29, 0.717) is 15.6 Å². The summed E-state index contributed by atoms with van der Waals surface area (Å²) >= 11 is 2.50. The Balaban J connectivity index is 0.00000405. The number of carboxylic acid groups (broad SMARTS) is 2. The number of tetrazole rings is 1. The molecular weight excluding hydrogens is 601 g/mol. The van der Waals surface area contributed by atoms with Gasteiger partial charge in [-0.25, -0.2) is 9.48 Å². The van der Waals surface area contributed by atoms with Crippen molar-refractivity contribution in [3.05, 3.63) is 46.7 Å². The molecule has 0 radical (unpaired) electrons. The van der Waals surface area contributed by atoms with Crippen molar-refractivity contribution >= 4 is 59.1 Å². The van der Waals surface area contributed by atoms with Crippen molar-refractivity contribution in [2.24, 2.45) is 7.05 Å². The van der Waals surface area contributed by atoms with Crippen LogP contribution in [0.1, 0.15) is 40.0 Å². The second kappa shape index (κ2) is 12.9. The van der Waals surface area contributed by atoms with Gasteiger partial charge in [-0.05, 0) is 41.0 Å². The third kappa shape index (κ3) is 5.83. The van der Waals surface area contributed by atoms with Crippen LogP contribution in [-0.4, -0.2) is 99.6 Å². The van der Waals surface area contributed by atoms with Gasteiger partial charge in [-0.2, -0.15) is 0 Å². The first-order valence-corrected chi connectivity index (χ1v) is 14.4. The third-order valence-electron chi connectivity index (χ3n) is 6.82. The molecule has 0 saturated carbocycles. The molecule has 18 heteroatoms. The zero-order chi connectivity index (χ0) is 29.4. The Labute approximate surface area is 268 Å². The summed E-state index contributed by atoms with van der Waals surface area (Å²) in [7, 11) is 1.64. The van der Waals surface area contributed by atoms with E-state index >= 15 is 0 Å². The Morgan fingerprint density at radius 3 is 2.43 bits per heavy atom. The second-order valence-corrected chi connectivity index (χ2v) is 11.4. The number of aryl methyl sites for hydroxylation is 1. The van der Waals surface area contributed by atoms with Crippen molar-refractivity contribution < 1.29 is 68.5 Å². The van der Waals surface area contributed by atoms with Crippen LogP contribution < -0.4 is 40.0 Å². The van der Waals surface area contributed by atoms with Crippen LogP contribution in [0, 0.1) is 0 Å². The smallest absolute Gasteiger partial charge is 0.543 e. The largest absolute Gasteiger partial charge is 1.00 e. The maximum atomic E-state index is 12.9. The van der Waals surface area contributed by atoms with E-state index in [9.17, 15) is 39.0 Å². The number of nitrogens with one attached hydrogen (secondary N) is 1. The molecular formula is C24H22N7NaO8S2. The van der Waals surface area contributed by atoms with E-state index in [1.807, 2.05) is 0 Å². The normalized spacial score (nSPS) is 20.0. The minimum atomic E-state index is -1.51. The van der Waals surface area contributed by atoms with Crippen LogP contribution in [0.2, 0.25) is 0 Å². The number of aromatic nitrogens is 4. The molecule has 1 saturated heterocycles. The van der Waals surface area contributed by atoms with Crippen LogP contribution in [0.3, 0.4) is 0 Å². The maximum absolute atomic E-state index is 12.9. The molecule has 2 aromatic rings. The number of benzene rings is 1. The molecule has 1 unspecified atom stereocenters. The maximum Gasteiger partial charge on any atom is 1.00 e. The zero-order valence-corrected chi connectivity index (χ0v) is 26.0. The number of carbonyl (C=O) groups excluding carboxylic acids is 5. The molecule has 42 heavy (non-hydrogen) atoms. The number of aliphatic carboxylic acids is 2. The van der Waals surface area contributed by atoms with Gasteiger partial charge in [-0.3, -0.25) is 29.0 Å². The third-order valence-corrected chi connectivity index (χ3v) is 9.25. The van der Waals surface area contributed by atoms with E-state index < -0.39 is 53.0 Å². The molecule has 0 aliphatic carbocycles. The van der Waals surface area contributed by atoms with Crippen LogP contribution in [-0.2, 0) is 26.2 Å². The Bertz CT molecular complexity index is 1480. The molecule has 1 aromatic carbocycles. The van der Waals surface area contributed by atoms with Crippen molar-refractivity contribution in [2.45, 2.75) is 41.9 Å². The number of hydrogen-bond donors (Lipinski definition) is 2. The Morgan fingerprint density at radius 2 is 1.86 bits per heavy atom. The van der Waals surface area contributed by atoms with Gasteiger partial charge in [0.15, 0.2) is 0 Å². The molecule has 15 nitrogen and oxygen atoms in total. The quantitative estimate of drug-likeness (QED) is 0.105. The summed E-state index contributed by atoms with van der Waals surface area (Å²) in [6.07, 6.45) is -0.331. The average Bonchev–Trinajstić information content (AvgIpc) is 3.47. The van der Waals surface area contributed by atoms with E-state index in [-0.39, 0.29) is 77.1 Å². The number of fused-ring (bicyclic) bond motifs is 2.